The maximum absolute atomic E-state index is 6.23. The van der Waals surface area contributed by atoms with Crippen LogP contribution in [-0.2, 0) is 4.84 Å². The van der Waals surface area contributed by atoms with Crippen LogP contribution >= 0.6 is 0 Å². The van der Waals surface area contributed by atoms with E-state index in [1.807, 2.05) is 0 Å². The molecule has 2 heteroatoms. The van der Waals surface area contributed by atoms with Gasteiger partial charge in [-0.2, -0.15) is 5.06 Å². The molecule has 0 N–H and O–H groups in total. The van der Waals surface area contributed by atoms with E-state index >= 15 is 0 Å². The molecule has 0 aromatic heterocycles. The number of allylic oxidation sites excluding steroid dienone is 1. The molecule has 0 aromatic rings. The molecule has 2 aliphatic rings. The summed E-state index contributed by atoms with van der Waals surface area (Å²) in [5.74, 6) is 0. The standard InChI is InChI=1S/C15H27NO/c1-14(2,3)13-11-9-7-8-10-12(11)17-16(13)15(4,5)6/h9,12-13H,7-8,10H2,1-6H3/t12-,13+/m0/s1. The minimum Gasteiger partial charge on any atom is -0.290 e. The minimum atomic E-state index is 0.0656. The van der Waals surface area contributed by atoms with Gasteiger partial charge in [-0.25, -0.2) is 0 Å². The fourth-order valence-electron chi connectivity index (χ4n) is 3.00. The lowest BCUT2D eigenvalue weighted by Gasteiger charge is -2.41. The third kappa shape index (κ3) is 2.43. The SMILES string of the molecule is CC(C)(C)[C@H]1C2=CCCC[C@@H]2ON1C(C)(C)C. The first-order chi connectivity index (χ1) is 7.71. The van der Waals surface area contributed by atoms with Gasteiger partial charge in [-0.05, 0) is 51.0 Å². The van der Waals surface area contributed by atoms with Crippen molar-refractivity contribution in [1.29, 1.82) is 0 Å². The Morgan fingerprint density at radius 3 is 2.35 bits per heavy atom. The van der Waals surface area contributed by atoms with Crippen molar-refractivity contribution < 1.29 is 4.84 Å². The topological polar surface area (TPSA) is 12.5 Å². The summed E-state index contributed by atoms with van der Waals surface area (Å²) in [7, 11) is 0. The Kier molecular flexibility index (Phi) is 3.16. The van der Waals surface area contributed by atoms with Crippen molar-refractivity contribution >= 4 is 0 Å². The third-order valence-electron chi connectivity index (χ3n) is 3.69. The predicted molar refractivity (Wildman–Crippen MR) is 71.6 cm³/mol. The molecule has 17 heavy (non-hydrogen) atoms. The highest BCUT2D eigenvalue weighted by Gasteiger charge is 2.48. The van der Waals surface area contributed by atoms with Gasteiger partial charge in [0.25, 0.3) is 0 Å². The molecule has 98 valence electrons. The third-order valence-corrected chi connectivity index (χ3v) is 3.69. The molecule has 1 saturated heterocycles. The van der Waals surface area contributed by atoms with Crippen molar-refractivity contribution in [2.75, 3.05) is 0 Å². The van der Waals surface area contributed by atoms with E-state index in [1.165, 1.54) is 24.8 Å². The van der Waals surface area contributed by atoms with Crippen molar-refractivity contribution in [3.8, 4) is 0 Å². The van der Waals surface area contributed by atoms with Gasteiger partial charge in [0.1, 0.15) is 6.10 Å². The smallest absolute Gasteiger partial charge is 0.102 e. The number of rotatable bonds is 0. The van der Waals surface area contributed by atoms with Gasteiger partial charge in [-0.3, -0.25) is 4.84 Å². The first-order valence-corrected chi connectivity index (χ1v) is 6.87. The molecule has 0 radical (unpaired) electrons. The lowest BCUT2D eigenvalue weighted by atomic mass is 9.77. The Hall–Kier alpha value is -0.340. The zero-order valence-electron chi connectivity index (χ0n) is 12.2. The van der Waals surface area contributed by atoms with Gasteiger partial charge in [0, 0.05) is 5.54 Å². The van der Waals surface area contributed by atoms with Gasteiger partial charge in [0.15, 0.2) is 0 Å². The lowest BCUT2D eigenvalue weighted by molar-refractivity contribution is -0.225. The van der Waals surface area contributed by atoms with E-state index in [0.29, 0.717) is 12.1 Å². The molecule has 1 aliphatic carbocycles. The summed E-state index contributed by atoms with van der Waals surface area (Å²) in [5, 5.41) is 2.24. The predicted octanol–water partition coefficient (Wildman–Crippen LogP) is 3.93. The van der Waals surface area contributed by atoms with Gasteiger partial charge in [0.05, 0.1) is 6.04 Å². The van der Waals surface area contributed by atoms with Crippen LogP contribution in [0.25, 0.3) is 0 Å². The largest absolute Gasteiger partial charge is 0.290 e. The number of hydrogen-bond donors (Lipinski definition) is 0. The maximum atomic E-state index is 6.23. The van der Waals surface area contributed by atoms with Crippen molar-refractivity contribution in [1.82, 2.24) is 5.06 Å². The molecule has 0 saturated carbocycles. The summed E-state index contributed by atoms with van der Waals surface area (Å²) in [5.41, 5.74) is 1.82. The molecule has 0 unspecified atom stereocenters. The summed E-state index contributed by atoms with van der Waals surface area (Å²) in [6.07, 6.45) is 6.44. The molecule has 0 bridgehead atoms. The van der Waals surface area contributed by atoms with Crippen LogP contribution in [-0.4, -0.2) is 22.7 Å². The van der Waals surface area contributed by atoms with Crippen LogP contribution in [0.2, 0.25) is 0 Å². The van der Waals surface area contributed by atoms with Crippen molar-refractivity contribution in [2.24, 2.45) is 5.41 Å². The first kappa shape index (κ1) is 13.1. The summed E-state index contributed by atoms with van der Waals surface area (Å²) in [6, 6.07) is 0.424. The molecule has 0 amide bonds. The van der Waals surface area contributed by atoms with Crippen molar-refractivity contribution in [3.05, 3.63) is 11.6 Å². The van der Waals surface area contributed by atoms with Crippen LogP contribution < -0.4 is 0 Å². The molecule has 1 fully saturated rings. The Morgan fingerprint density at radius 2 is 1.82 bits per heavy atom. The average Bonchev–Trinajstić information content (AvgIpc) is 2.54. The van der Waals surface area contributed by atoms with Crippen LogP contribution in [0.5, 0.6) is 0 Å². The van der Waals surface area contributed by atoms with Gasteiger partial charge in [0.2, 0.25) is 0 Å². The molecule has 2 rings (SSSR count). The normalized spacial score (nSPS) is 31.3. The first-order valence-electron chi connectivity index (χ1n) is 6.87. The summed E-state index contributed by atoms with van der Waals surface area (Å²) in [4.78, 5) is 6.23. The highest BCUT2D eigenvalue weighted by atomic mass is 16.7. The molecular formula is C15H27NO. The van der Waals surface area contributed by atoms with Crippen LogP contribution in [0.1, 0.15) is 60.8 Å². The summed E-state index contributed by atoms with van der Waals surface area (Å²) >= 11 is 0. The molecule has 2 atom stereocenters. The second-order valence-corrected chi connectivity index (χ2v) is 7.49. The van der Waals surface area contributed by atoms with Gasteiger partial charge >= 0.3 is 0 Å². The van der Waals surface area contributed by atoms with Crippen LogP contribution in [0.15, 0.2) is 11.6 Å². The Balaban J connectivity index is 2.36. The molecule has 0 spiro atoms. The number of nitrogens with zero attached hydrogens (tertiary/aromatic N) is 1. The molecule has 2 nitrogen and oxygen atoms in total. The van der Waals surface area contributed by atoms with E-state index in [1.54, 1.807) is 0 Å². The molecular weight excluding hydrogens is 210 g/mol. The maximum Gasteiger partial charge on any atom is 0.102 e. The number of hydroxylamine groups is 2. The van der Waals surface area contributed by atoms with E-state index in [2.05, 4.69) is 52.7 Å². The Morgan fingerprint density at radius 1 is 1.18 bits per heavy atom. The van der Waals surface area contributed by atoms with E-state index < -0.39 is 0 Å². The summed E-state index contributed by atoms with van der Waals surface area (Å²) < 4.78 is 0. The van der Waals surface area contributed by atoms with Gasteiger partial charge < -0.3 is 0 Å². The second kappa shape index (κ2) is 4.10. The monoisotopic (exact) mass is 237 g/mol. The zero-order valence-corrected chi connectivity index (χ0v) is 12.2. The van der Waals surface area contributed by atoms with E-state index in [9.17, 15) is 0 Å². The fourth-order valence-corrected chi connectivity index (χ4v) is 3.00. The summed E-state index contributed by atoms with van der Waals surface area (Å²) in [6.45, 7) is 13.7. The minimum absolute atomic E-state index is 0.0656. The molecule has 0 aromatic carbocycles. The van der Waals surface area contributed by atoms with E-state index in [-0.39, 0.29) is 11.0 Å². The molecule has 1 aliphatic heterocycles. The highest BCUT2D eigenvalue weighted by Crippen LogP contribution is 2.44. The molecule has 1 heterocycles. The van der Waals surface area contributed by atoms with Crippen LogP contribution in [0.3, 0.4) is 0 Å². The zero-order chi connectivity index (χ0) is 12.8. The van der Waals surface area contributed by atoms with Crippen molar-refractivity contribution in [3.63, 3.8) is 0 Å². The Bertz CT molecular complexity index is 319. The quantitative estimate of drug-likeness (QED) is 0.592. The number of fused-ring (bicyclic) bond motifs is 1. The average molecular weight is 237 g/mol. The van der Waals surface area contributed by atoms with Crippen LogP contribution in [0.4, 0.5) is 0 Å². The van der Waals surface area contributed by atoms with E-state index in [0.717, 1.165) is 0 Å². The van der Waals surface area contributed by atoms with Gasteiger partial charge in [-0.1, -0.05) is 26.8 Å². The second-order valence-electron chi connectivity index (χ2n) is 7.49. The number of hydrogen-bond acceptors (Lipinski definition) is 2. The lowest BCUT2D eigenvalue weighted by Crippen LogP contribution is -2.49. The Labute approximate surface area is 106 Å². The van der Waals surface area contributed by atoms with Crippen molar-refractivity contribution in [2.45, 2.75) is 78.5 Å². The van der Waals surface area contributed by atoms with E-state index in [4.69, 9.17) is 4.84 Å². The highest BCUT2D eigenvalue weighted by molar-refractivity contribution is 5.24. The van der Waals surface area contributed by atoms with Crippen LogP contribution in [0, 0.1) is 5.41 Å². The fraction of sp³-hybridized carbons (Fsp3) is 0.867. The van der Waals surface area contributed by atoms with Gasteiger partial charge in [-0.15, -0.1) is 0 Å².